The number of rotatable bonds is 2. The Kier molecular flexibility index (Phi) is 2.24. The number of carbonyl (C=O) groups excluding carboxylic acids is 1. The van der Waals surface area contributed by atoms with Crippen LogP contribution in [0.15, 0.2) is 29.3 Å². The second kappa shape index (κ2) is 3.55. The zero-order valence-electron chi connectivity index (χ0n) is 7.36. The molecule has 1 aliphatic carbocycles. The molecule has 1 aliphatic rings. The summed E-state index contributed by atoms with van der Waals surface area (Å²) in [4.78, 5) is 13.9. The third-order valence-electron chi connectivity index (χ3n) is 2.65. The second-order valence-electron chi connectivity index (χ2n) is 3.39. The van der Waals surface area contributed by atoms with Crippen molar-refractivity contribution in [3.63, 3.8) is 0 Å². The highest BCUT2D eigenvalue weighted by molar-refractivity contribution is 5.55. The topological polar surface area (TPSA) is 29.4 Å². The maximum absolute atomic E-state index is 10.2. The molecule has 0 aliphatic heterocycles. The summed E-state index contributed by atoms with van der Waals surface area (Å²) in [5.74, 6) is 0.619. The van der Waals surface area contributed by atoms with Crippen LogP contribution in [-0.2, 0) is 4.79 Å². The average Bonchev–Trinajstić information content (AvgIpc) is 2.05. The van der Waals surface area contributed by atoms with Crippen LogP contribution < -0.4 is 0 Å². The van der Waals surface area contributed by atoms with Gasteiger partial charge in [0.15, 0.2) is 0 Å². The van der Waals surface area contributed by atoms with E-state index in [9.17, 15) is 4.79 Å². The summed E-state index contributed by atoms with van der Waals surface area (Å²) in [5, 5.41) is 0. The lowest BCUT2D eigenvalue weighted by atomic mass is 9.79. The van der Waals surface area contributed by atoms with Gasteiger partial charge in [-0.3, -0.25) is 0 Å². The van der Waals surface area contributed by atoms with Gasteiger partial charge < -0.3 is 0 Å². The zero-order valence-corrected chi connectivity index (χ0v) is 7.36. The molecule has 2 heteroatoms. The molecule has 13 heavy (non-hydrogen) atoms. The van der Waals surface area contributed by atoms with Crippen LogP contribution in [-0.4, -0.2) is 6.08 Å². The Balaban J connectivity index is 2.36. The monoisotopic (exact) mass is 173 g/mol. The van der Waals surface area contributed by atoms with Gasteiger partial charge in [0, 0.05) is 0 Å². The van der Waals surface area contributed by atoms with Crippen LogP contribution >= 0.6 is 0 Å². The fourth-order valence-electron chi connectivity index (χ4n) is 1.70. The van der Waals surface area contributed by atoms with Gasteiger partial charge in [-0.05, 0) is 30.4 Å². The van der Waals surface area contributed by atoms with Crippen LogP contribution in [0.3, 0.4) is 0 Å². The van der Waals surface area contributed by atoms with E-state index in [1.807, 2.05) is 18.2 Å². The molecule has 0 amide bonds. The molecule has 0 bridgehead atoms. The van der Waals surface area contributed by atoms with Crippen molar-refractivity contribution in [1.82, 2.24) is 0 Å². The lowest BCUT2D eigenvalue weighted by Crippen LogP contribution is -2.08. The first-order chi connectivity index (χ1) is 6.42. The highest BCUT2D eigenvalue weighted by Crippen LogP contribution is 2.40. The second-order valence-corrected chi connectivity index (χ2v) is 3.39. The van der Waals surface area contributed by atoms with Crippen molar-refractivity contribution in [2.75, 3.05) is 0 Å². The summed E-state index contributed by atoms with van der Waals surface area (Å²) in [6.07, 6.45) is 5.35. The van der Waals surface area contributed by atoms with Gasteiger partial charge in [-0.25, -0.2) is 4.79 Å². The number of benzene rings is 1. The lowest BCUT2D eigenvalue weighted by molar-refractivity contribution is 0.420. The minimum absolute atomic E-state index is 0.619. The van der Waals surface area contributed by atoms with E-state index in [2.05, 4.69) is 11.1 Å². The standard InChI is InChI=1S/C11H11NO/c13-8-12-11-7-2-1-6-10(11)9-4-3-5-9/h1-2,6-7,9H,3-5H2. The molecule has 0 aromatic heterocycles. The first-order valence-electron chi connectivity index (χ1n) is 4.58. The Morgan fingerprint density at radius 1 is 1.31 bits per heavy atom. The smallest absolute Gasteiger partial charge is 0.211 e. The van der Waals surface area contributed by atoms with Gasteiger partial charge in [-0.2, -0.15) is 4.99 Å². The number of hydrogen-bond donors (Lipinski definition) is 0. The first kappa shape index (κ1) is 8.21. The molecule has 0 heterocycles. The summed E-state index contributed by atoms with van der Waals surface area (Å²) < 4.78 is 0. The molecule has 66 valence electrons. The first-order valence-corrected chi connectivity index (χ1v) is 4.58. The predicted octanol–water partition coefficient (Wildman–Crippen LogP) is 2.92. The van der Waals surface area contributed by atoms with E-state index in [-0.39, 0.29) is 0 Å². The molecule has 1 aromatic carbocycles. The quantitative estimate of drug-likeness (QED) is 0.499. The normalized spacial score (nSPS) is 16.0. The van der Waals surface area contributed by atoms with E-state index in [0.717, 1.165) is 5.69 Å². The zero-order chi connectivity index (χ0) is 9.10. The molecular formula is C11H11NO. The van der Waals surface area contributed by atoms with Crippen LogP contribution in [0.25, 0.3) is 0 Å². The molecule has 0 radical (unpaired) electrons. The number of para-hydroxylation sites is 1. The van der Waals surface area contributed by atoms with Crippen molar-refractivity contribution in [3.8, 4) is 0 Å². The Bertz CT molecular complexity index is 349. The number of aliphatic imine (C=N–C) groups is 1. The summed E-state index contributed by atoms with van der Waals surface area (Å²) in [5.41, 5.74) is 2.00. The average molecular weight is 173 g/mol. The van der Waals surface area contributed by atoms with E-state index in [4.69, 9.17) is 0 Å². The Labute approximate surface area is 77.3 Å². The minimum Gasteiger partial charge on any atom is -0.211 e. The van der Waals surface area contributed by atoms with Crippen molar-refractivity contribution in [2.45, 2.75) is 25.2 Å². The summed E-state index contributed by atoms with van der Waals surface area (Å²) in [6.45, 7) is 0. The molecule has 0 N–H and O–H groups in total. The SMILES string of the molecule is O=C=Nc1ccccc1C1CCC1. The van der Waals surface area contributed by atoms with Crippen LogP contribution in [0.1, 0.15) is 30.7 Å². The third-order valence-corrected chi connectivity index (χ3v) is 2.65. The fourth-order valence-corrected chi connectivity index (χ4v) is 1.70. The van der Waals surface area contributed by atoms with Crippen molar-refractivity contribution in [1.29, 1.82) is 0 Å². The molecule has 2 rings (SSSR count). The van der Waals surface area contributed by atoms with Gasteiger partial charge in [-0.15, -0.1) is 0 Å². The van der Waals surface area contributed by atoms with Gasteiger partial charge in [0.1, 0.15) is 0 Å². The van der Waals surface area contributed by atoms with Crippen LogP contribution in [0.4, 0.5) is 5.69 Å². The third kappa shape index (κ3) is 1.53. The molecule has 2 nitrogen and oxygen atoms in total. The van der Waals surface area contributed by atoms with Gasteiger partial charge in [0.05, 0.1) is 5.69 Å². The van der Waals surface area contributed by atoms with Gasteiger partial charge in [-0.1, -0.05) is 24.6 Å². The van der Waals surface area contributed by atoms with Crippen molar-refractivity contribution >= 4 is 11.8 Å². The molecule has 0 spiro atoms. The summed E-state index contributed by atoms with van der Waals surface area (Å²) >= 11 is 0. The molecule has 0 unspecified atom stereocenters. The molecule has 1 aromatic rings. The number of nitrogens with zero attached hydrogens (tertiary/aromatic N) is 1. The molecule has 0 saturated heterocycles. The van der Waals surface area contributed by atoms with E-state index in [1.54, 1.807) is 6.08 Å². The van der Waals surface area contributed by atoms with Crippen molar-refractivity contribution < 1.29 is 4.79 Å². The van der Waals surface area contributed by atoms with Crippen molar-refractivity contribution in [3.05, 3.63) is 29.8 Å². The van der Waals surface area contributed by atoms with Crippen molar-refractivity contribution in [2.24, 2.45) is 4.99 Å². The van der Waals surface area contributed by atoms with Gasteiger partial charge in [0.2, 0.25) is 6.08 Å². The Morgan fingerprint density at radius 2 is 2.08 bits per heavy atom. The van der Waals surface area contributed by atoms with E-state index >= 15 is 0 Å². The largest absolute Gasteiger partial charge is 0.240 e. The van der Waals surface area contributed by atoms with Crippen LogP contribution in [0.5, 0.6) is 0 Å². The summed E-state index contributed by atoms with van der Waals surface area (Å²) in [6, 6.07) is 7.83. The minimum atomic E-state index is 0.619. The number of hydrogen-bond acceptors (Lipinski definition) is 2. The van der Waals surface area contributed by atoms with E-state index in [0.29, 0.717) is 5.92 Å². The van der Waals surface area contributed by atoms with Gasteiger partial charge in [0.25, 0.3) is 0 Å². The Hall–Kier alpha value is -1.40. The molecule has 1 saturated carbocycles. The highest BCUT2D eigenvalue weighted by Gasteiger charge is 2.21. The maximum Gasteiger partial charge on any atom is 0.240 e. The summed E-state index contributed by atoms with van der Waals surface area (Å²) in [7, 11) is 0. The maximum atomic E-state index is 10.2. The Morgan fingerprint density at radius 3 is 2.69 bits per heavy atom. The number of isocyanates is 1. The van der Waals surface area contributed by atoms with E-state index in [1.165, 1.54) is 24.8 Å². The van der Waals surface area contributed by atoms with Crippen LogP contribution in [0.2, 0.25) is 0 Å². The molecular weight excluding hydrogens is 162 g/mol. The van der Waals surface area contributed by atoms with E-state index < -0.39 is 0 Å². The van der Waals surface area contributed by atoms with Gasteiger partial charge >= 0.3 is 0 Å². The predicted molar refractivity (Wildman–Crippen MR) is 50.8 cm³/mol. The fraction of sp³-hybridized carbons (Fsp3) is 0.364. The molecule has 0 atom stereocenters. The lowest BCUT2D eigenvalue weighted by Gasteiger charge is -2.26. The highest BCUT2D eigenvalue weighted by atomic mass is 16.1. The molecule has 1 fully saturated rings. The van der Waals surface area contributed by atoms with Crippen LogP contribution in [0, 0.1) is 0 Å².